The van der Waals surface area contributed by atoms with Crippen molar-refractivity contribution in [1.82, 2.24) is 4.90 Å². The molecule has 0 aromatic rings. The average Bonchev–Trinajstić information content (AvgIpc) is 1.86. The quantitative estimate of drug-likeness (QED) is 0.599. The third kappa shape index (κ3) is 7.17. The zero-order valence-corrected chi connectivity index (χ0v) is 8.09. The van der Waals surface area contributed by atoms with Crippen LogP contribution < -0.4 is 0 Å². The molecule has 0 amide bonds. The number of unbranched alkanes of at least 4 members (excludes halogenated alkanes) is 1. The van der Waals surface area contributed by atoms with E-state index in [9.17, 15) is 0 Å². The van der Waals surface area contributed by atoms with Crippen LogP contribution in [0.15, 0.2) is 24.0 Å². The summed E-state index contributed by atoms with van der Waals surface area (Å²) in [4.78, 5) is 2.09. The number of rotatable bonds is 4. The molecule has 0 spiro atoms. The molecule has 0 aromatic carbocycles. The first-order chi connectivity index (χ1) is 5.16. The molecule has 0 aromatic heterocycles. The summed E-state index contributed by atoms with van der Waals surface area (Å²) in [5.74, 6) is 0. The first-order valence-electron chi connectivity index (χ1n) is 4.20. The van der Waals surface area contributed by atoms with Crippen LogP contribution in [0.2, 0.25) is 0 Å². The molecule has 0 radical (unpaired) electrons. The minimum Gasteiger partial charge on any atom is -0.358 e. The molecule has 11 heavy (non-hydrogen) atoms. The summed E-state index contributed by atoms with van der Waals surface area (Å²) in [5.41, 5.74) is 1.33. The minimum absolute atomic E-state index is 1.17. The first-order valence-corrected chi connectivity index (χ1v) is 4.20. The van der Waals surface area contributed by atoms with Crippen molar-refractivity contribution >= 4 is 0 Å². The van der Waals surface area contributed by atoms with E-state index in [0.717, 1.165) is 0 Å². The molecule has 0 aliphatic heterocycles. The van der Waals surface area contributed by atoms with E-state index in [1.165, 1.54) is 18.4 Å². The third-order valence-corrected chi connectivity index (χ3v) is 1.26. The highest BCUT2D eigenvalue weighted by molar-refractivity contribution is 4.96. The molecule has 0 heterocycles. The maximum atomic E-state index is 2.19. The van der Waals surface area contributed by atoms with Gasteiger partial charge in [-0.3, -0.25) is 0 Å². The van der Waals surface area contributed by atoms with E-state index in [1.54, 1.807) is 0 Å². The fourth-order valence-electron chi connectivity index (χ4n) is 0.858. The van der Waals surface area contributed by atoms with Crippen LogP contribution in [-0.4, -0.2) is 11.9 Å². The summed E-state index contributed by atoms with van der Waals surface area (Å²) in [6.07, 6.45) is 8.81. The van der Waals surface area contributed by atoms with Gasteiger partial charge >= 0.3 is 0 Å². The van der Waals surface area contributed by atoms with E-state index in [0.29, 0.717) is 0 Å². The topological polar surface area (TPSA) is 3.24 Å². The highest BCUT2D eigenvalue weighted by atomic mass is 15.0. The van der Waals surface area contributed by atoms with Crippen molar-refractivity contribution < 1.29 is 0 Å². The highest BCUT2D eigenvalue weighted by Crippen LogP contribution is 1.95. The summed E-state index contributed by atoms with van der Waals surface area (Å²) in [6, 6.07) is 0. The van der Waals surface area contributed by atoms with Gasteiger partial charge in [-0.05, 0) is 26.5 Å². The van der Waals surface area contributed by atoms with Gasteiger partial charge < -0.3 is 4.90 Å². The first kappa shape index (κ1) is 10.3. The van der Waals surface area contributed by atoms with E-state index in [2.05, 4.69) is 51.2 Å². The summed E-state index contributed by atoms with van der Waals surface area (Å²) < 4.78 is 0. The van der Waals surface area contributed by atoms with Crippen LogP contribution in [0.5, 0.6) is 0 Å². The molecule has 0 bridgehead atoms. The van der Waals surface area contributed by atoms with Gasteiger partial charge in [-0.25, -0.2) is 0 Å². The second-order valence-corrected chi connectivity index (χ2v) is 3.05. The Morgan fingerprint density at radius 2 is 2.00 bits per heavy atom. The molecule has 0 N–H and O–H groups in total. The molecule has 0 aliphatic rings. The lowest BCUT2D eigenvalue weighted by molar-refractivity contribution is 0.615. The van der Waals surface area contributed by atoms with E-state index in [-0.39, 0.29) is 0 Å². The largest absolute Gasteiger partial charge is 0.358 e. The smallest absolute Gasteiger partial charge is 0.0106 e. The molecule has 0 fully saturated rings. The van der Waals surface area contributed by atoms with Gasteiger partial charge in [0.15, 0.2) is 0 Å². The molecule has 1 heteroatoms. The van der Waals surface area contributed by atoms with Crippen molar-refractivity contribution in [1.29, 1.82) is 0 Å². The second kappa shape index (κ2) is 6.02. The Morgan fingerprint density at radius 3 is 2.45 bits per heavy atom. The molecule has 64 valence electrons. The van der Waals surface area contributed by atoms with E-state index in [4.69, 9.17) is 0 Å². The minimum atomic E-state index is 1.17. The molecule has 0 atom stereocenters. The molecular weight excluding hydrogens is 134 g/mol. The zero-order chi connectivity index (χ0) is 8.69. The van der Waals surface area contributed by atoms with Gasteiger partial charge in [0.25, 0.3) is 0 Å². The van der Waals surface area contributed by atoms with Crippen LogP contribution in [0.4, 0.5) is 0 Å². The summed E-state index contributed by atoms with van der Waals surface area (Å²) in [7, 11) is 2.05. The Labute approximate surface area is 70.4 Å². The van der Waals surface area contributed by atoms with Crippen molar-refractivity contribution in [3.63, 3.8) is 0 Å². The van der Waals surface area contributed by atoms with Crippen molar-refractivity contribution in [2.45, 2.75) is 33.6 Å². The average molecular weight is 153 g/mol. The number of allylic oxidation sites excluding steroid dienone is 2. The maximum Gasteiger partial charge on any atom is 0.0106 e. The highest BCUT2D eigenvalue weighted by Gasteiger charge is 1.82. The Bertz CT molecular complexity index is 141. The monoisotopic (exact) mass is 153 g/mol. The summed E-state index contributed by atoms with van der Waals surface area (Å²) in [6.45, 7) is 6.39. The van der Waals surface area contributed by atoms with Crippen LogP contribution in [0.1, 0.15) is 33.6 Å². The van der Waals surface area contributed by atoms with Gasteiger partial charge in [0.1, 0.15) is 0 Å². The van der Waals surface area contributed by atoms with E-state index < -0.39 is 0 Å². The Hall–Kier alpha value is -0.720. The molecule has 1 nitrogen and oxygen atoms in total. The van der Waals surface area contributed by atoms with Crippen molar-refractivity contribution in [3.05, 3.63) is 24.0 Å². The van der Waals surface area contributed by atoms with Gasteiger partial charge in [-0.15, -0.1) is 0 Å². The van der Waals surface area contributed by atoms with E-state index >= 15 is 0 Å². The Morgan fingerprint density at radius 1 is 1.36 bits per heavy atom. The lowest BCUT2D eigenvalue weighted by Crippen LogP contribution is -2.00. The second-order valence-electron chi connectivity index (χ2n) is 3.05. The van der Waals surface area contributed by atoms with Gasteiger partial charge in [0, 0.05) is 13.2 Å². The Balaban J connectivity index is 3.68. The number of hydrogen-bond donors (Lipinski definition) is 0. The van der Waals surface area contributed by atoms with Crippen molar-refractivity contribution in [3.8, 4) is 0 Å². The fourth-order valence-corrected chi connectivity index (χ4v) is 0.858. The number of hydrogen-bond acceptors (Lipinski definition) is 1. The van der Waals surface area contributed by atoms with Gasteiger partial charge in [0.05, 0.1) is 0 Å². The standard InChI is InChI=1S/C10H19N/c1-5-6-7-8-11(4)9-10(2)3/h7-9H,5-6H2,1-4H3/b8-7-. The summed E-state index contributed by atoms with van der Waals surface area (Å²) in [5, 5.41) is 0. The van der Waals surface area contributed by atoms with E-state index in [1.807, 2.05) is 0 Å². The fraction of sp³-hybridized carbons (Fsp3) is 0.600. The van der Waals surface area contributed by atoms with Gasteiger partial charge in [0.2, 0.25) is 0 Å². The molecule has 0 saturated carbocycles. The van der Waals surface area contributed by atoms with Crippen LogP contribution in [0.3, 0.4) is 0 Å². The molecular formula is C10H19N. The lowest BCUT2D eigenvalue weighted by atomic mass is 10.3. The van der Waals surface area contributed by atoms with Crippen LogP contribution in [0.25, 0.3) is 0 Å². The van der Waals surface area contributed by atoms with Gasteiger partial charge in [-0.1, -0.05) is 25.0 Å². The predicted octanol–water partition coefficient (Wildman–Crippen LogP) is 3.16. The normalized spacial score (nSPS) is 10.2. The number of nitrogens with zero attached hydrogens (tertiary/aromatic N) is 1. The van der Waals surface area contributed by atoms with Crippen molar-refractivity contribution in [2.75, 3.05) is 7.05 Å². The molecule has 0 aliphatic carbocycles. The zero-order valence-electron chi connectivity index (χ0n) is 8.09. The van der Waals surface area contributed by atoms with Crippen LogP contribution >= 0.6 is 0 Å². The summed E-state index contributed by atoms with van der Waals surface area (Å²) >= 11 is 0. The van der Waals surface area contributed by atoms with Crippen molar-refractivity contribution in [2.24, 2.45) is 0 Å². The van der Waals surface area contributed by atoms with Crippen LogP contribution in [-0.2, 0) is 0 Å². The molecule has 0 unspecified atom stereocenters. The lowest BCUT2D eigenvalue weighted by Gasteiger charge is -2.07. The predicted molar refractivity (Wildman–Crippen MR) is 51.2 cm³/mol. The Kier molecular flexibility index (Phi) is 5.63. The van der Waals surface area contributed by atoms with Crippen LogP contribution in [0, 0.1) is 0 Å². The molecule has 0 saturated heterocycles. The van der Waals surface area contributed by atoms with Gasteiger partial charge in [-0.2, -0.15) is 0 Å². The maximum absolute atomic E-state index is 2.19. The molecule has 0 rings (SSSR count). The SMILES string of the molecule is CCC/C=C\N(C)C=C(C)C. The third-order valence-electron chi connectivity index (χ3n) is 1.26.